The summed E-state index contributed by atoms with van der Waals surface area (Å²) >= 11 is 0. The Balaban J connectivity index is 1.83. The van der Waals surface area contributed by atoms with E-state index < -0.39 is 4.92 Å². The Morgan fingerprint density at radius 1 is 1.38 bits per heavy atom. The lowest BCUT2D eigenvalue weighted by Crippen LogP contribution is -2.37. The van der Waals surface area contributed by atoms with E-state index in [1.165, 1.54) is 18.2 Å². The minimum atomic E-state index is -0.470. The summed E-state index contributed by atoms with van der Waals surface area (Å²) in [5.74, 6) is 0.383. The number of non-ortho nitro benzene ring substituents is 1. The number of nitrogens with zero attached hydrogens (tertiary/aromatic N) is 2. The number of aliphatic hydroxyl groups excluding tert-OH is 1. The molecule has 0 radical (unpaired) electrons. The average Bonchev–Trinajstić information content (AvgIpc) is 2.52. The molecule has 1 aliphatic rings. The van der Waals surface area contributed by atoms with Crippen molar-refractivity contribution in [3.05, 3.63) is 33.9 Å². The molecule has 1 aromatic rings. The number of nitro benzene ring substituents is 1. The summed E-state index contributed by atoms with van der Waals surface area (Å²) in [6.07, 6.45) is 0.827. The first-order valence-electron chi connectivity index (χ1n) is 7.02. The molecule has 21 heavy (non-hydrogen) atoms. The minimum absolute atomic E-state index is 0.0321. The third-order valence-electron chi connectivity index (χ3n) is 3.41. The van der Waals surface area contributed by atoms with Gasteiger partial charge in [0.05, 0.1) is 37.4 Å². The highest BCUT2D eigenvalue weighted by Gasteiger charge is 2.12. The molecule has 116 valence electrons. The van der Waals surface area contributed by atoms with E-state index >= 15 is 0 Å². The lowest BCUT2D eigenvalue weighted by Gasteiger charge is -2.26. The zero-order chi connectivity index (χ0) is 15.1. The van der Waals surface area contributed by atoms with Gasteiger partial charge in [-0.2, -0.15) is 0 Å². The quantitative estimate of drug-likeness (QED) is 0.462. The Labute approximate surface area is 123 Å². The number of nitro groups is 1. The fourth-order valence-electron chi connectivity index (χ4n) is 2.22. The van der Waals surface area contributed by atoms with Crippen molar-refractivity contribution in [2.24, 2.45) is 0 Å². The Bertz CT molecular complexity index is 474. The molecule has 7 nitrogen and oxygen atoms in total. The molecule has 2 rings (SSSR count). The second kappa shape index (κ2) is 7.92. The Morgan fingerprint density at radius 2 is 2.14 bits per heavy atom. The summed E-state index contributed by atoms with van der Waals surface area (Å²) in [7, 11) is 0. The Hall–Kier alpha value is -1.70. The van der Waals surface area contributed by atoms with Gasteiger partial charge in [-0.15, -0.1) is 0 Å². The fourth-order valence-corrected chi connectivity index (χ4v) is 2.22. The van der Waals surface area contributed by atoms with Crippen LogP contribution in [0.4, 0.5) is 5.69 Å². The van der Waals surface area contributed by atoms with Crippen molar-refractivity contribution in [3.63, 3.8) is 0 Å². The molecule has 0 saturated carbocycles. The predicted molar refractivity (Wildman–Crippen MR) is 76.4 cm³/mol. The maximum absolute atomic E-state index is 10.8. The van der Waals surface area contributed by atoms with Gasteiger partial charge in [-0.25, -0.2) is 0 Å². The Morgan fingerprint density at radius 3 is 2.81 bits per heavy atom. The number of rotatable bonds is 7. The number of morpholine rings is 1. The second-order valence-electron chi connectivity index (χ2n) is 4.86. The van der Waals surface area contributed by atoms with Crippen molar-refractivity contribution in [2.75, 3.05) is 39.5 Å². The van der Waals surface area contributed by atoms with Gasteiger partial charge in [0.25, 0.3) is 5.69 Å². The van der Waals surface area contributed by atoms with Crippen LogP contribution in [0.2, 0.25) is 0 Å². The SMILES string of the molecule is O=[N+]([O-])c1ccc(CO)c(OCCCN2CCOCC2)c1. The third kappa shape index (κ3) is 4.66. The van der Waals surface area contributed by atoms with Gasteiger partial charge in [-0.1, -0.05) is 0 Å². The van der Waals surface area contributed by atoms with Crippen LogP contribution in [0.25, 0.3) is 0 Å². The number of aliphatic hydroxyl groups is 1. The van der Waals surface area contributed by atoms with Gasteiger partial charge < -0.3 is 14.6 Å². The minimum Gasteiger partial charge on any atom is -0.493 e. The van der Waals surface area contributed by atoms with E-state index in [0.29, 0.717) is 17.9 Å². The summed E-state index contributed by atoms with van der Waals surface area (Å²) in [5, 5.41) is 20.0. The normalized spacial score (nSPS) is 15.9. The lowest BCUT2D eigenvalue weighted by molar-refractivity contribution is -0.385. The Kier molecular flexibility index (Phi) is 5.91. The molecule has 0 aromatic heterocycles. The van der Waals surface area contributed by atoms with Gasteiger partial charge in [-0.3, -0.25) is 15.0 Å². The molecule has 1 fully saturated rings. The molecule has 0 amide bonds. The first kappa shape index (κ1) is 15.7. The van der Waals surface area contributed by atoms with Crippen LogP contribution in [-0.2, 0) is 11.3 Å². The molecule has 0 atom stereocenters. The maximum atomic E-state index is 10.8. The topological polar surface area (TPSA) is 85.1 Å². The summed E-state index contributed by atoms with van der Waals surface area (Å²) < 4.78 is 10.9. The fraction of sp³-hybridized carbons (Fsp3) is 0.571. The molecule has 7 heteroatoms. The van der Waals surface area contributed by atoms with Crippen LogP contribution in [0.3, 0.4) is 0 Å². The molecule has 1 heterocycles. The molecule has 1 N–H and O–H groups in total. The van der Waals surface area contributed by atoms with Crippen molar-refractivity contribution in [2.45, 2.75) is 13.0 Å². The van der Waals surface area contributed by atoms with E-state index in [1.54, 1.807) is 0 Å². The lowest BCUT2D eigenvalue weighted by atomic mass is 10.2. The summed E-state index contributed by atoms with van der Waals surface area (Å²) in [4.78, 5) is 12.6. The zero-order valence-electron chi connectivity index (χ0n) is 11.9. The largest absolute Gasteiger partial charge is 0.493 e. The zero-order valence-corrected chi connectivity index (χ0v) is 11.9. The molecule has 1 aliphatic heterocycles. The van der Waals surface area contributed by atoms with E-state index in [-0.39, 0.29) is 12.3 Å². The first-order chi connectivity index (χ1) is 10.2. The first-order valence-corrected chi connectivity index (χ1v) is 7.02. The summed E-state index contributed by atoms with van der Waals surface area (Å²) in [5.41, 5.74) is 0.530. The summed E-state index contributed by atoms with van der Waals surface area (Å²) in [6.45, 7) is 4.56. The van der Waals surface area contributed by atoms with Crippen LogP contribution in [0.15, 0.2) is 18.2 Å². The van der Waals surface area contributed by atoms with Crippen LogP contribution < -0.4 is 4.74 Å². The average molecular weight is 296 g/mol. The van der Waals surface area contributed by atoms with E-state index in [4.69, 9.17) is 9.47 Å². The van der Waals surface area contributed by atoms with Gasteiger partial charge in [0.2, 0.25) is 0 Å². The van der Waals surface area contributed by atoms with Crippen molar-refractivity contribution < 1.29 is 19.5 Å². The van der Waals surface area contributed by atoms with Crippen LogP contribution in [0.5, 0.6) is 5.75 Å². The van der Waals surface area contributed by atoms with Crippen LogP contribution in [0.1, 0.15) is 12.0 Å². The molecule has 1 aromatic carbocycles. The van der Waals surface area contributed by atoms with Gasteiger partial charge >= 0.3 is 0 Å². The van der Waals surface area contributed by atoms with Crippen molar-refractivity contribution in [1.29, 1.82) is 0 Å². The number of ether oxygens (including phenoxy) is 2. The number of hydrogen-bond acceptors (Lipinski definition) is 6. The number of benzene rings is 1. The highest BCUT2D eigenvalue weighted by molar-refractivity contribution is 5.44. The monoisotopic (exact) mass is 296 g/mol. The predicted octanol–water partition coefficient (Wildman–Crippen LogP) is 1.19. The molecule has 0 aliphatic carbocycles. The maximum Gasteiger partial charge on any atom is 0.273 e. The number of hydrogen-bond donors (Lipinski definition) is 1. The van der Waals surface area contributed by atoms with Gasteiger partial charge in [0.1, 0.15) is 5.75 Å². The van der Waals surface area contributed by atoms with Crippen molar-refractivity contribution in [1.82, 2.24) is 4.90 Å². The molecule has 0 spiro atoms. The summed E-state index contributed by atoms with van der Waals surface area (Å²) in [6, 6.07) is 4.25. The molecule has 0 unspecified atom stereocenters. The molecule has 1 saturated heterocycles. The van der Waals surface area contributed by atoms with E-state index in [2.05, 4.69) is 4.90 Å². The smallest absolute Gasteiger partial charge is 0.273 e. The molecular weight excluding hydrogens is 276 g/mol. The highest BCUT2D eigenvalue weighted by Crippen LogP contribution is 2.25. The second-order valence-corrected chi connectivity index (χ2v) is 4.86. The van der Waals surface area contributed by atoms with E-state index in [1.807, 2.05) is 0 Å². The van der Waals surface area contributed by atoms with Crippen molar-refractivity contribution in [3.8, 4) is 5.75 Å². The van der Waals surface area contributed by atoms with Gasteiger partial charge in [0, 0.05) is 31.3 Å². The van der Waals surface area contributed by atoms with Crippen LogP contribution in [-0.4, -0.2) is 54.4 Å². The van der Waals surface area contributed by atoms with Crippen LogP contribution >= 0.6 is 0 Å². The van der Waals surface area contributed by atoms with Gasteiger partial charge in [-0.05, 0) is 12.5 Å². The molecule has 0 bridgehead atoms. The highest BCUT2D eigenvalue weighted by atomic mass is 16.6. The third-order valence-corrected chi connectivity index (χ3v) is 3.41. The standard InChI is InChI=1S/C14H20N2O5/c17-11-12-2-3-13(16(18)19)10-14(12)21-7-1-4-15-5-8-20-9-6-15/h2-3,10,17H,1,4-9,11H2. The van der Waals surface area contributed by atoms with E-state index in [9.17, 15) is 15.2 Å². The molecular formula is C14H20N2O5. The van der Waals surface area contributed by atoms with E-state index in [0.717, 1.165) is 39.3 Å². The van der Waals surface area contributed by atoms with Crippen LogP contribution in [0, 0.1) is 10.1 Å². The van der Waals surface area contributed by atoms with Gasteiger partial charge in [0.15, 0.2) is 0 Å². The van der Waals surface area contributed by atoms with Crippen molar-refractivity contribution >= 4 is 5.69 Å².